The zero-order valence-electron chi connectivity index (χ0n) is 36.1. The summed E-state index contributed by atoms with van der Waals surface area (Å²) < 4.78 is 0. The lowest BCUT2D eigenvalue weighted by atomic mass is 9.84. The third-order valence-electron chi connectivity index (χ3n) is 11.7. The number of aromatic hydroxyl groups is 1. The van der Waals surface area contributed by atoms with Gasteiger partial charge in [-0.25, -0.2) is 9.97 Å². The van der Waals surface area contributed by atoms with Crippen LogP contribution in [0.3, 0.4) is 0 Å². The van der Waals surface area contributed by atoms with Gasteiger partial charge >= 0.3 is 0 Å². The first kappa shape index (κ1) is 40.3. The molecule has 2 heterocycles. The van der Waals surface area contributed by atoms with Crippen LogP contribution < -0.4 is 4.90 Å². The summed E-state index contributed by atoms with van der Waals surface area (Å²) in [6.07, 6.45) is 1.86. The summed E-state index contributed by atoms with van der Waals surface area (Å²) in [5.41, 5.74) is 14.9. The minimum absolute atomic E-state index is 0.201. The van der Waals surface area contributed by atoms with E-state index in [1.54, 1.807) is 6.07 Å². The molecule has 0 bridgehead atoms. The molecule has 2 aromatic heterocycles. The number of phenols is 1. The second kappa shape index (κ2) is 17.0. The van der Waals surface area contributed by atoms with E-state index in [0.717, 1.165) is 61.6 Å². The number of benzene rings is 6. The van der Waals surface area contributed by atoms with Crippen molar-refractivity contribution >= 4 is 28.0 Å². The first-order valence-electron chi connectivity index (χ1n) is 21.4. The zero-order valence-corrected chi connectivity index (χ0v) is 36.1. The number of hydrogen-bond acceptors (Lipinski definition) is 4. The van der Waals surface area contributed by atoms with Crippen molar-refractivity contribution < 1.29 is 5.11 Å². The van der Waals surface area contributed by atoms with E-state index in [1.165, 1.54) is 27.8 Å². The summed E-state index contributed by atoms with van der Waals surface area (Å²) in [7, 11) is 0. The summed E-state index contributed by atoms with van der Waals surface area (Å²) in [4.78, 5) is 12.8. The van der Waals surface area contributed by atoms with Gasteiger partial charge in [-0.2, -0.15) is 0 Å². The van der Waals surface area contributed by atoms with Gasteiger partial charge in [0, 0.05) is 34.0 Å². The first-order chi connectivity index (χ1) is 29.0. The number of anilines is 3. The molecule has 0 spiro atoms. The van der Waals surface area contributed by atoms with E-state index >= 15 is 0 Å². The fourth-order valence-corrected chi connectivity index (χ4v) is 8.43. The van der Waals surface area contributed by atoms with Gasteiger partial charge < -0.3 is 5.11 Å². The number of para-hydroxylation sites is 1. The van der Waals surface area contributed by atoms with Crippen LogP contribution in [0, 0.1) is 0 Å². The number of fused-ring (bicyclic) bond motifs is 1. The molecule has 0 amide bonds. The lowest BCUT2D eigenvalue weighted by Crippen LogP contribution is -2.12. The molecule has 0 atom stereocenters. The lowest BCUT2D eigenvalue weighted by Gasteiger charge is -2.28. The third-order valence-corrected chi connectivity index (χ3v) is 11.7. The van der Waals surface area contributed by atoms with Crippen LogP contribution in [0.1, 0.15) is 101 Å². The predicted molar refractivity (Wildman–Crippen MR) is 254 cm³/mol. The summed E-state index contributed by atoms with van der Waals surface area (Å²) in [5.74, 6) is 2.35. The van der Waals surface area contributed by atoms with Gasteiger partial charge in [-0.1, -0.05) is 152 Å². The molecule has 1 N–H and O–H groups in total. The van der Waals surface area contributed by atoms with E-state index < -0.39 is 0 Å². The topological polar surface area (TPSA) is 49.2 Å². The van der Waals surface area contributed by atoms with Crippen LogP contribution in [0.4, 0.5) is 17.2 Å². The van der Waals surface area contributed by atoms with E-state index in [1.807, 2.05) is 36.5 Å². The second-order valence-electron chi connectivity index (χ2n) is 17.2. The monoisotopic (exact) mass is 785 g/mol. The summed E-state index contributed by atoms with van der Waals surface area (Å²) in [6.45, 7) is 18.1. The molecule has 8 rings (SSSR count). The first-order valence-corrected chi connectivity index (χ1v) is 21.4. The Bertz CT molecular complexity index is 2740. The van der Waals surface area contributed by atoms with Crippen molar-refractivity contribution in [2.24, 2.45) is 0 Å². The highest BCUT2D eigenvalue weighted by Gasteiger charge is 2.23. The van der Waals surface area contributed by atoms with Crippen LogP contribution >= 0.6 is 0 Å². The number of aromatic nitrogens is 2. The van der Waals surface area contributed by atoms with Crippen molar-refractivity contribution in [2.45, 2.75) is 79.1 Å². The van der Waals surface area contributed by atoms with Crippen molar-refractivity contribution in [1.29, 1.82) is 0 Å². The smallest absolute Gasteiger partial charge is 0.137 e. The highest BCUT2D eigenvalue weighted by Crippen LogP contribution is 2.45. The normalized spacial score (nSPS) is 11.7. The fourth-order valence-electron chi connectivity index (χ4n) is 8.43. The Morgan fingerprint density at radius 1 is 0.500 bits per heavy atom. The van der Waals surface area contributed by atoms with Gasteiger partial charge in [0.25, 0.3) is 0 Å². The standard InChI is InChI=1S/C56H55N3O/c1-35(2)40-29-41(36(3)4)31-42(30-40)49-26-27-51(58-56(49)50-20-11-12-24-53(50)60)43-32-44(55-46(37(5)6)21-16-22-47(55)38(7)8)34-45(33-43)59(54-25-13-14-28-57-54)52-23-15-18-39-17-9-10-19-48(39)52/h9-38,60H,1-8H3. The third kappa shape index (κ3) is 7.95. The number of nitrogens with zero attached hydrogens (tertiary/aromatic N) is 3. The molecule has 0 aliphatic rings. The van der Waals surface area contributed by atoms with Gasteiger partial charge in [0.2, 0.25) is 0 Å². The molecule has 0 aliphatic heterocycles. The minimum Gasteiger partial charge on any atom is -0.507 e. The van der Waals surface area contributed by atoms with Gasteiger partial charge in [-0.3, -0.25) is 4.90 Å². The molecule has 4 nitrogen and oxygen atoms in total. The van der Waals surface area contributed by atoms with Crippen LogP contribution in [0.2, 0.25) is 0 Å². The van der Waals surface area contributed by atoms with E-state index in [-0.39, 0.29) is 5.75 Å². The number of pyridine rings is 2. The van der Waals surface area contributed by atoms with Crippen molar-refractivity contribution in [2.75, 3.05) is 4.90 Å². The number of hydrogen-bond donors (Lipinski definition) is 1. The maximum Gasteiger partial charge on any atom is 0.137 e. The molecular formula is C56H55N3O. The molecule has 0 aliphatic carbocycles. The van der Waals surface area contributed by atoms with Crippen LogP contribution in [-0.4, -0.2) is 15.1 Å². The predicted octanol–water partition coefficient (Wildman–Crippen LogP) is 16.0. The van der Waals surface area contributed by atoms with E-state index in [4.69, 9.17) is 9.97 Å². The quantitative estimate of drug-likeness (QED) is 0.142. The molecule has 8 aromatic rings. The molecule has 0 unspecified atom stereocenters. The second-order valence-corrected chi connectivity index (χ2v) is 17.2. The number of rotatable bonds is 11. The van der Waals surface area contributed by atoms with Gasteiger partial charge in [0.05, 0.1) is 17.1 Å². The molecule has 6 aromatic carbocycles. The zero-order chi connectivity index (χ0) is 42.1. The van der Waals surface area contributed by atoms with Crippen LogP contribution in [0.25, 0.3) is 55.5 Å². The highest BCUT2D eigenvalue weighted by atomic mass is 16.3. The Balaban J connectivity index is 1.45. The lowest BCUT2D eigenvalue weighted by molar-refractivity contribution is 0.477. The maximum absolute atomic E-state index is 11.4. The van der Waals surface area contributed by atoms with Gasteiger partial charge in [-0.15, -0.1) is 0 Å². The minimum atomic E-state index is 0.201. The highest BCUT2D eigenvalue weighted by molar-refractivity contribution is 5.99. The average Bonchev–Trinajstić information content (AvgIpc) is 3.26. The summed E-state index contributed by atoms with van der Waals surface area (Å²) in [5, 5.41) is 13.7. The van der Waals surface area contributed by atoms with Crippen LogP contribution in [0.15, 0.2) is 158 Å². The van der Waals surface area contributed by atoms with E-state index in [9.17, 15) is 5.11 Å². The van der Waals surface area contributed by atoms with Crippen molar-refractivity contribution in [3.05, 3.63) is 180 Å². The Hall–Kier alpha value is -6.52. The van der Waals surface area contributed by atoms with Gasteiger partial charge in [0.15, 0.2) is 0 Å². The van der Waals surface area contributed by atoms with Crippen LogP contribution in [-0.2, 0) is 0 Å². The fraction of sp³-hybridized carbons (Fsp3) is 0.214. The Morgan fingerprint density at radius 2 is 1.13 bits per heavy atom. The molecule has 0 fully saturated rings. The molecule has 0 radical (unpaired) electrons. The molecule has 0 saturated carbocycles. The van der Waals surface area contributed by atoms with Crippen molar-refractivity contribution in [1.82, 2.24) is 9.97 Å². The van der Waals surface area contributed by atoms with Crippen LogP contribution in [0.5, 0.6) is 5.75 Å². The molecule has 300 valence electrons. The number of phenolic OH excluding ortho intramolecular Hbond substituents is 1. The molecular weight excluding hydrogens is 731 g/mol. The summed E-state index contributed by atoms with van der Waals surface area (Å²) in [6, 6.07) is 53.6. The largest absolute Gasteiger partial charge is 0.507 e. The van der Waals surface area contributed by atoms with Crippen molar-refractivity contribution in [3.8, 4) is 50.5 Å². The maximum atomic E-state index is 11.4. The molecule has 60 heavy (non-hydrogen) atoms. The Labute approximate surface area is 356 Å². The van der Waals surface area contributed by atoms with Crippen molar-refractivity contribution in [3.63, 3.8) is 0 Å². The van der Waals surface area contributed by atoms with Gasteiger partial charge in [0.1, 0.15) is 11.6 Å². The van der Waals surface area contributed by atoms with E-state index in [2.05, 4.69) is 176 Å². The molecule has 0 saturated heterocycles. The summed E-state index contributed by atoms with van der Waals surface area (Å²) >= 11 is 0. The Morgan fingerprint density at radius 3 is 1.80 bits per heavy atom. The SMILES string of the molecule is CC(C)c1cc(-c2ccc(-c3cc(-c4c(C(C)C)cccc4C(C)C)cc(N(c4ccccn4)c4cccc5ccccc45)c3)nc2-c2ccccc2O)cc(C(C)C)c1. The van der Waals surface area contributed by atoms with Gasteiger partial charge in [-0.05, 0) is 123 Å². The average molecular weight is 786 g/mol. The Kier molecular flexibility index (Phi) is 11.4. The van der Waals surface area contributed by atoms with E-state index in [0.29, 0.717) is 29.2 Å². The molecule has 4 heteroatoms.